The minimum absolute atomic E-state index is 0.249. The van der Waals surface area contributed by atoms with Crippen LogP contribution in [0.4, 0.5) is 17.5 Å². The maximum atomic E-state index is 12.7. The summed E-state index contributed by atoms with van der Waals surface area (Å²) in [6, 6.07) is 7.65. The van der Waals surface area contributed by atoms with E-state index in [0.29, 0.717) is 5.91 Å². The topological polar surface area (TPSA) is 74.2 Å². The minimum Gasteiger partial charge on any atom is -0.353 e. The van der Waals surface area contributed by atoms with Gasteiger partial charge in [0.2, 0.25) is 5.91 Å². The molecule has 0 bridgehead atoms. The van der Waals surface area contributed by atoms with Gasteiger partial charge in [-0.05, 0) is 25.0 Å². The lowest BCUT2D eigenvalue weighted by Crippen LogP contribution is -2.50. The van der Waals surface area contributed by atoms with E-state index in [4.69, 9.17) is 0 Å². The quantitative estimate of drug-likeness (QED) is 0.897. The normalized spacial score (nSPS) is 18.4. The van der Waals surface area contributed by atoms with Crippen LogP contribution < -0.4 is 10.2 Å². The van der Waals surface area contributed by atoms with Crippen LogP contribution in [0, 0.1) is 5.92 Å². The Bertz CT molecular complexity index is 754. The van der Waals surface area contributed by atoms with Gasteiger partial charge in [-0.15, -0.1) is 0 Å². The molecular weight excluding hydrogens is 340 g/mol. The number of rotatable bonds is 4. The fourth-order valence-corrected chi connectivity index (χ4v) is 3.92. The number of nitrogens with one attached hydrogen (secondary N) is 1. The van der Waals surface area contributed by atoms with Gasteiger partial charge in [0.05, 0.1) is 0 Å². The van der Waals surface area contributed by atoms with Gasteiger partial charge in [0.25, 0.3) is 0 Å². The van der Waals surface area contributed by atoms with Crippen LogP contribution in [0.15, 0.2) is 36.8 Å². The monoisotopic (exact) mass is 366 g/mol. The molecule has 1 amide bonds. The lowest BCUT2D eigenvalue weighted by atomic mass is 9.88. The number of amides is 1. The van der Waals surface area contributed by atoms with Crippen LogP contribution in [-0.2, 0) is 4.79 Å². The molecule has 0 unspecified atom stereocenters. The number of piperazine rings is 1. The second kappa shape index (κ2) is 8.33. The molecule has 2 aliphatic rings. The molecule has 1 saturated heterocycles. The van der Waals surface area contributed by atoms with Gasteiger partial charge < -0.3 is 15.1 Å². The van der Waals surface area contributed by atoms with E-state index in [0.717, 1.165) is 56.5 Å². The van der Waals surface area contributed by atoms with E-state index < -0.39 is 0 Å². The van der Waals surface area contributed by atoms with Crippen LogP contribution in [0.2, 0.25) is 0 Å². The molecule has 142 valence electrons. The molecule has 27 heavy (non-hydrogen) atoms. The van der Waals surface area contributed by atoms with Crippen LogP contribution in [-0.4, -0.2) is 51.9 Å². The van der Waals surface area contributed by atoms with E-state index in [-0.39, 0.29) is 5.92 Å². The molecule has 2 aromatic rings. The molecule has 1 saturated carbocycles. The summed E-state index contributed by atoms with van der Waals surface area (Å²) in [6.07, 6.45) is 9.11. The van der Waals surface area contributed by atoms with Crippen LogP contribution in [0.25, 0.3) is 0 Å². The fraction of sp³-hybridized carbons (Fsp3) is 0.500. The van der Waals surface area contributed by atoms with Crippen molar-refractivity contribution >= 4 is 23.4 Å². The number of carbonyl (C=O) groups is 1. The van der Waals surface area contributed by atoms with Gasteiger partial charge in [-0.3, -0.25) is 4.79 Å². The predicted octanol–water partition coefficient (Wildman–Crippen LogP) is 2.84. The predicted molar refractivity (Wildman–Crippen MR) is 105 cm³/mol. The first kappa shape index (κ1) is 17.7. The molecule has 7 nitrogen and oxygen atoms in total. The van der Waals surface area contributed by atoms with Gasteiger partial charge in [-0.2, -0.15) is 0 Å². The Kier molecular flexibility index (Phi) is 5.46. The number of carbonyl (C=O) groups excluding carboxylic acids is 1. The molecular formula is C20H26N6O. The standard InChI is InChI=1S/C20H26N6O/c27-20(16-6-2-1-3-7-16)26-12-10-25(11-13-26)19-14-18(22-15-23-19)24-17-8-4-5-9-21-17/h4-5,8-9,14-16H,1-3,6-7,10-13H2,(H,21,22,23,24). The van der Waals surface area contributed by atoms with E-state index in [1.165, 1.54) is 19.3 Å². The fourth-order valence-electron chi connectivity index (χ4n) is 3.92. The molecule has 0 radical (unpaired) electrons. The lowest BCUT2D eigenvalue weighted by Gasteiger charge is -2.37. The first-order chi connectivity index (χ1) is 13.3. The summed E-state index contributed by atoms with van der Waals surface area (Å²) in [7, 11) is 0. The molecule has 7 heteroatoms. The third-order valence-electron chi connectivity index (χ3n) is 5.44. The summed E-state index contributed by atoms with van der Waals surface area (Å²) in [6.45, 7) is 3.14. The van der Waals surface area contributed by atoms with E-state index in [1.807, 2.05) is 29.2 Å². The van der Waals surface area contributed by atoms with E-state index in [1.54, 1.807) is 12.5 Å². The molecule has 4 rings (SSSR count). The summed E-state index contributed by atoms with van der Waals surface area (Å²) in [5.74, 6) is 2.96. The highest BCUT2D eigenvalue weighted by Gasteiger charge is 2.28. The molecule has 2 fully saturated rings. The molecule has 1 aliphatic heterocycles. The van der Waals surface area contributed by atoms with Gasteiger partial charge in [0.1, 0.15) is 23.8 Å². The summed E-state index contributed by atoms with van der Waals surface area (Å²) < 4.78 is 0. The third-order valence-corrected chi connectivity index (χ3v) is 5.44. The van der Waals surface area contributed by atoms with Crippen LogP contribution in [0.5, 0.6) is 0 Å². The maximum Gasteiger partial charge on any atom is 0.225 e. The van der Waals surface area contributed by atoms with Gasteiger partial charge in [0.15, 0.2) is 0 Å². The van der Waals surface area contributed by atoms with Crippen molar-refractivity contribution in [1.82, 2.24) is 19.9 Å². The van der Waals surface area contributed by atoms with Gasteiger partial charge in [-0.25, -0.2) is 15.0 Å². The number of hydrogen-bond donors (Lipinski definition) is 1. The van der Waals surface area contributed by atoms with Crippen molar-refractivity contribution in [2.45, 2.75) is 32.1 Å². The van der Waals surface area contributed by atoms with Crippen molar-refractivity contribution in [2.75, 3.05) is 36.4 Å². The van der Waals surface area contributed by atoms with E-state index >= 15 is 0 Å². The maximum absolute atomic E-state index is 12.7. The van der Waals surface area contributed by atoms with Gasteiger partial charge >= 0.3 is 0 Å². The smallest absolute Gasteiger partial charge is 0.225 e. The average Bonchev–Trinajstić information content (AvgIpc) is 2.75. The first-order valence-electron chi connectivity index (χ1n) is 9.83. The van der Waals surface area contributed by atoms with Crippen LogP contribution in [0.1, 0.15) is 32.1 Å². The highest BCUT2D eigenvalue weighted by atomic mass is 16.2. The zero-order valence-corrected chi connectivity index (χ0v) is 15.5. The molecule has 1 N–H and O–H groups in total. The highest BCUT2D eigenvalue weighted by molar-refractivity contribution is 5.79. The van der Waals surface area contributed by atoms with Crippen molar-refractivity contribution in [3.63, 3.8) is 0 Å². The minimum atomic E-state index is 0.249. The summed E-state index contributed by atoms with van der Waals surface area (Å²) in [5, 5.41) is 3.20. The number of hydrogen-bond acceptors (Lipinski definition) is 6. The van der Waals surface area contributed by atoms with Crippen molar-refractivity contribution in [3.05, 3.63) is 36.8 Å². The molecule has 1 aliphatic carbocycles. The number of pyridine rings is 1. The second-order valence-electron chi connectivity index (χ2n) is 7.25. The number of aromatic nitrogens is 3. The Morgan fingerprint density at radius 1 is 0.963 bits per heavy atom. The Morgan fingerprint density at radius 2 is 1.78 bits per heavy atom. The Morgan fingerprint density at radius 3 is 2.52 bits per heavy atom. The van der Waals surface area contributed by atoms with Crippen molar-refractivity contribution < 1.29 is 4.79 Å². The Labute approximate surface area is 159 Å². The summed E-state index contributed by atoms with van der Waals surface area (Å²) >= 11 is 0. The molecule has 0 atom stereocenters. The van der Waals surface area contributed by atoms with Crippen molar-refractivity contribution in [3.8, 4) is 0 Å². The van der Waals surface area contributed by atoms with E-state index in [9.17, 15) is 4.79 Å². The number of nitrogens with zero attached hydrogens (tertiary/aromatic N) is 5. The highest BCUT2D eigenvalue weighted by Crippen LogP contribution is 2.26. The Balaban J connectivity index is 1.35. The van der Waals surface area contributed by atoms with Crippen LogP contribution >= 0.6 is 0 Å². The van der Waals surface area contributed by atoms with E-state index in [2.05, 4.69) is 25.2 Å². The average molecular weight is 366 g/mol. The van der Waals surface area contributed by atoms with Crippen molar-refractivity contribution in [2.24, 2.45) is 5.92 Å². The summed E-state index contributed by atoms with van der Waals surface area (Å²) in [5.41, 5.74) is 0. The number of anilines is 3. The first-order valence-corrected chi connectivity index (χ1v) is 9.83. The molecule has 0 aromatic carbocycles. The largest absolute Gasteiger partial charge is 0.353 e. The zero-order chi connectivity index (χ0) is 18.5. The van der Waals surface area contributed by atoms with Crippen LogP contribution in [0.3, 0.4) is 0 Å². The molecule has 2 aromatic heterocycles. The summed E-state index contributed by atoms with van der Waals surface area (Å²) in [4.78, 5) is 29.9. The van der Waals surface area contributed by atoms with Gasteiger partial charge in [0, 0.05) is 44.4 Å². The van der Waals surface area contributed by atoms with Crippen molar-refractivity contribution in [1.29, 1.82) is 0 Å². The van der Waals surface area contributed by atoms with Gasteiger partial charge in [-0.1, -0.05) is 25.3 Å². The molecule has 0 spiro atoms. The molecule has 3 heterocycles. The third kappa shape index (κ3) is 4.35. The Hall–Kier alpha value is -2.70. The SMILES string of the molecule is O=C(C1CCCCC1)N1CCN(c2cc(Nc3ccccn3)ncn2)CC1. The zero-order valence-electron chi connectivity index (χ0n) is 15.5. The lowest BCUT2D eigenvalue weighted by molar-refractivity contribution is -0.136. The second-order valence-corrected chi connectivity index (χ2v) is 7.25.